The topological polar surface area (TPSA) is 89.9 Å². The molecule has 0 radical (unpaired) electrons. The summed E-state index contributed by atoms with van der Waals surface area (Å²) in [6, 6.07) is 15.7. The highest BCUT2D eigenvalue weighted by molar-refractivity contribution is 8.01. The Bertz CT molecular complexity index is 1450. The Hall–Kier alpha value is -3.54. The third-order valence-electron chi connectivity index (χ3n) is 6.09. The molecule has 2 N–H and O–H groups in total. The summed E-state index contributed by atoms with van der Waals surface area (Å²) >= 11 is 4.47. The Kier molecular flexibility index (Phi) is 12.1. The molecule has 42 heavy (non-hydrogen) atoms. The van der Waals surface area contributed by atoms with Crippen molar-refractivity contribution in [3.8, 4) is 0 Å². The van der Waals surface area contributed by atoms with Crippen LogP contribution in [0.3, 0.4) is 0 Å². The fourth-order valence-electron chi connectivity index (χ4n) is 4.23. The summed E-state index contributed by atoms with van der Waals surface area (Å²) in [5.74, 6) is 1.41. The number of aromatic nitrogens is 1. The van der Waals surface area contributed by atoms with Crippen LogP contribution in [0, 0.1) is 0 Å². The van der Waals surface area contributed by atoms with Crippen molar-refractivity contribution >= 4 is 74.1 Å². The molecular formula is C31H36N6O2S3. The first-order valence-corrected chi connectivity index (χ1v) is 16.7. The van der Waals surface area contributed by atoms with E-state index in [4.69, 9.17) is 0 Å². The lowest BCUT2D eigenvalue weighted by atomic mass is 10.3. The molecule has 0 bridgehead atoms. The van der Waals surface area contributed by atoms with Crippen LogP contribution in [0.25, 0.3) is 10.2 Å². The smallest absolute Gasteiger partial charge is 0.234 e. The lowest BCUT2D eigenvalue weighted by molar-refractivity contribution is -0.128. The molecule has 0 spiro atoms. The Balaban J connectivity index is 1.34. The van der Waals surface area contributed by atoms with Gasteiger partial charge in [0.2, 0.25) is 11.8 Å². The van der Waals surface area contributed by atoms with E-state index in [0.29, 0.717) is 5.75 Å². The van der Waals surface area contributed by atoms with Gasteiger partial charge in [-0.2, -0.15) is 5.10 Å². The third-order valence-corrected chi connectivity index (χ3v) is 9.30. The van der Waals surface area contributed by atoms with Gasteiger partial charge in [-0.15, -0.1) is 23.1 Å². The number of para-hydroxylation sites is 1. The molecule has 1 atom stereocenters. The van der Waals surface area contributed by atoms with Gasteiger partial charge in [-0.05, 0) is 49.2 Å². The Morgan fingerprint density at radius 3 is 2.62 bits per heavy atom. The van der Waals surface area contributed by atoms with Gasteiger partial charge in [0.15, 0.2) is 15.7 Å². The summed E-state index contributed by atoms with van der Waals surface area (Å²) in [4.78, 5) is 34.2. The van der Waals surface area contributed by atoms with Gasteiger partial charge >= 0.3 is 0 Å². The van der Waals surface area contributed by atoms with Crippen molar-refractivity contribution in [2.24, 2.45) is 5.10 Å². The Morgan fingerprint density at radius 2 is 1.88 bits per heavy atom. The quantitative estimate of drug-likeness (QED) is 0.144. The zero-order valence-corrected chi connectivity index (χ0v) is 26.3. The van der Waals surface area contributed by atoms with Gasteiger partial charge in [-0.25, -0.2) is 4.98 Å². The van der Waals surface area contributed by atoms with E-state index in [1.54, 1.807) is 6.08 Å². The van der Waals surface area contributed by atoms with Crippen molar-refractivity contribution in [2.45, 2.75) is 36.5 Å². The molecule has 0 fully saturated rings. The van der Waals surface area contributed by atoms with E-state index < -0.39 is 0 Å². The number of anilines is 2. The SMILES string of the molecule is C=C/C=C\C=C\C1=NNC(SCC(=O)Nc2ccc3nc(SCC(=O)N(CCC)CCC)sc3c2)N1c1ccccc1. The van der Waals surface area contributed by atoms with Gasteiger partial charge in [0.1, 0.15) is 0 Å². The van der Waals surface area contributed by atoms with Gasteiger partial charge in [-0.3, -0.25) is 19.9 Å². The monoisotopic (exact) mass is 620 g/mol. The molecule has 2 aromatic carbocycles. The number of carbonyl (C=O) groups is 2. The number of benzene rings is 2. The highest BCUT2D eigenvalue weighted by Gasteiger charge is 2.28. The van der Waals surface area contributed by atoms with Crippen LogP contribution in [0.5, 0.6) is 0 Å². The molecule has 2 amide bonds. The van der Waals surface area contributed by atoms with Crippen LogP contribution in [0.4, 0.5) is 11.4 Å². The number of hydrogen-bond acceptors (Lipinski definition) is 9. The second-order valence-electron chi connectivity index (χ2n) is 9.33. The van der Waals surface area contributed by atoms with Crippen LogP contribution in [0.15, 0.2) is 94.9 Å². The minimum atomic E-state index is -0.238. The predicted octanol–water partition coefficient (Wildman–Crippen LogP) is 6.71. The Labute approximate surface area is 260 Å². The molecule has 1 aliphatic rings. The maximum absolute atomic E-state index is 12.9. The fourth-order valence-corrected chi connectivity index (χ4v) is 7.13. The first-order chi connectivity index (χ1) is 20.5. The van der Waals surface area contributed by atoms with E-state index in [0.717, 1.165) is 57.7 Å². The number of fused-ring (bicyclic) bond motifs is 1. The number of thioether (sulfide) groups is 2. The van der Waals surface area contributed by atoms with Crippen molar-refractivity contribution in [1.29, 1.82) is 0 Å². The van der Waals surface area contributed by atoms with E-state index in [-0.39, 0.29) is 23.1 Å². The second-order valence-corrected chi connectivity index (χ2v) is 12.6. The van der Waals surface area contributed by atoms with E-state index in [1.165, 1.54) is 34.9 Å². The van der Waals surface area contributed by atoms with Crippen LogP contribution in [-0.4, -0.2) is 57.6 Å². The zero-order valence-electron chi connectivity index (χ0n) is 23.9. The van der Waals surface area contributed by atoms with Crippen molar-refractivity contribution in [3.63, 3.8) is 0 Å². The molecule has 4 rings (SSSR count). The van der Waals surface area contributed by atoms with Gasteiger partial charge in [0.05, 0.1) is 21.7 Å². The minimum absolute atomic E-state index is 0.108. The maximum atomic E-state index is 12.9. The molecule has 11 heteroatoms. The van der Waals surface area contributed by atoms with Crippen LogP contribution < -0.4 is 15.6 Å². The normalized spacial score (nSPS) is 14.9. The highest BCUT2D eigenvalue weighted by atomic mass is 32.2. The molecule has 0 saturated heterocycles. The molecule has 1 aromatic heterocycles. The number of carbonyl (C=O) groups excluding carboxylic acids is 2. The molecule has 3 aromatic rings. The first-order valence-electron chi connectivity index (χ1n) is 13.9. The third kappa shape index (κ3) is 8.73. The Morgan fingerprint density at radius 1 is 1.10 bits per heavy atom. The summed E-state index contributed by atoms with van der Waals surface area (Å²) in [6.07, 6.45) is 11.2. The lowest BCUT2D eigenvalue weighted by Crippen LogP contribution is -2.38. The van der Waals surface area contributed by atoms with Crippen LogP contribution in [0.1, 0.15) is 26.7 Å². The summed E-state index contributed by atoms with van der Waals surface area (Å²) in [5.41, 5.74) is 5.46. The maximum Gasteiger partial charge on any atom is 0.234 e. The molecule has 8 nitrogen and oxygen atoms in total. The minimum Gasteiger partial charge on any atom is -0.342 e. The summed E-state index contributed by atoms with van der Waals surface area (Å²) < 4.78 is 1.82. The largest absolute Gasteiger partial charge is 0.342 e. The summed E-state index contributed by atoms with van der Waals surface area (Å²) in [7, 11) is 0. The van der Waals surface area contributed by atoms with E-state index in [2.05, 4.69) is 46.2 Å². The molecule has 1 unspecified atom stereocenters. The number of rotatable bonds is 15. The van der Waals surface area contributed by atoms with E-state index in [9.17, 15) is 9.59 Å². The molecule has 0 saturated carbocycles. The van der Waals surface area contributed by atoms with Gasteiger partial charge in [0, 0.05) is 24.5 Å². The first kappa shape index (κ1) is 31.4. The molecule has 0 aliphatic carbocycles. The van der Waals surface area contributed by atoms with Crippen LogP contribution in [-0.2, 0) is 9.59 Å². The number of thiazole rings is 1. The van der Waals surface area contributed by atoms with E-state index >= 15 is 0 Å². The van der Waals surface area contributed by atoms with Crippen LogP contribution >= 0.6 is 34.9 Å². The predicted molar refractivity (Wildman–Crippen MR) is 180 cm³/mol. The van der Waals surface area contributed by atoms with Crippen molar-refractivity contribution in [3.05, 3.63) is 85.5 Å². The van der Waals surface area contributed by atoms with Crippen molar-refractivity contribution in [2.75, 3.05) is 34.8 Å². The number of nitrogens with one attached hydrogen (secondary N) is 2. The summed E-state index contributed by atoms with van der Waals surface area (Å²) in [5, 5.41) is 7.50. The number of hydrazone groups is 1. The average Bonchev–Trinajstić information content (AvgIpc) is 3.60. The molecular weight excluding hydrogens is 585 g/mol. The molecule has 2 heterocycles. The van der Waals surface area contributed by atoms with Gasteiger partial charge < -0.3 is 10.2 Å². The standard InChI is InChI=1S/C31H36N6O2S3/c1-4-7-8-12-15-27-34-35-30(37(27)24-13-10-9-11-14-24)40-21-28(38)32-23-16-17-25-26(20-23)42-31(33-25)41-22-29(39)36(18-5-2)19-6-3/h4,7-17,20,30,35H,1,5-6,18-19,21-22H2,2-3H3,(H,32,38)/b8-7-,15-12+. The highest BCUT2D eigenvalue weighted by Crippen LogP contribution is 2.32. The van der Waals surface area contributed by atoms with Crippen molar-refractivity contribution < 1.29 is 9.59 Å². The number of amidine groups is 1. The van der Waals surface area contributed by atoms with E-state index in [1.807, 2.05) is 77.7 Å². The van der Waals surface area contributed by atoms with Gasteiger partial charge in [-0.1, -0.05) is 74.7 Å². The van der Waals surface area contributed by atoms with Crippen molar-refractivity contribution in [1.82, 2.24) is 15.3 Å². The van der Waals surface area contributed by atoms with Crippen LogP contribution in [0.2, 0.25) is 0 Å². The summed E-state index contributed by atoms with van der Waals surface area (Å²) in [6.45, 7) is 9.44. The fraction of sp³-hybridized carbons (Fsp3) is 0.290. The van der Waals surface area contributed by atoms with Gasteiger partial charge in [0.25, 0.3) is 0 Å². The average molecular weight is 621 g/mol. The number of nitrogens with zero attached hydrogens (tertiary/aromatic N) is 4. The number of allylic oxidation sites excluding steroid dienone is 4. The molecule has 1 aliphatic heterocycles. The number of hydrogen-bond donors (Lipinski definition) is 2. The second kappa shape index (κ2) is 16.2. The number of amides is 2. The lowest BCUT2D eigenvalue weighted by Gasteiger charge is -2.25. The molecule has 220 valence electrons. The zero-order chi connectivity index (χ0) is 29.7.